The molecule has 0 N–H and O–H groups in total. The van der Waals surface area contributed by atoms with Gasteiger partial charge in [-0.25, -0.2) is 9.97 Å². The Morgan fingerprint density at radius 3 is 1.77 bits per heavy atom. The van der Waals surface area contributed by atoms with Crippen molar-refractivity contribution < 1.29 is 9.15 Å². The van der Waals surface area contributed by atoms with Gasteiger partial charge in [-0.15, -0.1) is 0 Å². The Hall–Kier alpha value is -8.08. The third-order valence-corrected chi connectivity index (χ3v) is 12.8. The minimum absolute atomic E-state index is 0.573. The number of aromatic nitrogens is 2. The van der Waals surface area contributed by atoms with Crippen molar-refractivity contribution in [3.05, 3.63) is 229 Å². The van der Waals surface area contributed by atoms with Gasteiger partial charge in [0.2, 0.25) is 0 Å². The number of benzene rings is 9. The van der Waals surface area contributed by atoms with Gasteiger partial charge >= 0.3 is 0 Å². The molecular weight excluding hydrogens is 745 g/mol. The van der Waals surface area contributed by atoms with Gasteiger partial charge in [0.1, 0.15) is 28.3 Å². The van der Waals surface area contributed by atoms with E-state index < -0.39 is 5.41 Å². The third-order valence-electron chi connectivity index (χ3n) is 12.8. The molecule has 0 amide bonds. The van der Waals surface area contributed by atoms with Crippen LogP contribution in [0.15, 0.2) is 211 Å². The van der Waals surface area contributed by atoms with Crippen molar-refractivity contribution >= 4 is 32.8 Å². The maximum Gasteiger partial charge on any atom is 0.180 e. The minimum atomic E-state index is -0.573. The van der Waals surface area contributed by atoms with Gasteiger partial charge in [0.05, 0.1) is 5.41 Å². The first-order valence-electron chi connectivity index (χ1n) is 20.7. The Balaban J connectivity index is 1.02. The van der Waals surface area contributed by atoms with Crippen LogP contribution in [0.2, 0.25) is 0 Å². The Bertz CT molecular complexity index is 3520. The van der Waals surface area contributed by atoms with Gasteiger partial charge < -0.3 is 9.15 Å². The molecule has 13 rings (SSSR count). The van der Waals surface area contributed by atoms with E-state index in [0.29, 0.717) is 11.4 Å². The molecule has 0 unspecified atom stereocenters. The first-order valence-corrected chi connectivity index (χ1v) is 20.7. The predicted molar refractivity (Wildman–Crippen MR) is 246 cm³/mol. The molecule has 61 heavy (non-hydrogen) atoms. The van der Waals surface area contributed by atoms with Crippen LogP contribution in [0.4, 0.5) is 0 Å². The van der Waals surface area contributed by atoms with Crippen molar-refractivity contribution in [1.29, 1.82) is 0 Å². The summed E-state index contributed by atoms with van der Waals surface area (Å²) in [7, 11) is 0. The second kappa shape index (κ2) is 13.0. The lowest BCUT2D eigenvalue weighted by Gasteiger charge is -2.39. The van der Waals surface area contributed by atoms with E-state index in [1.54, 1.807) is 0 Å². The van der Waals surface area contributed by atoms with Crippen LogP contribution in [0.3, 0.4) is 0 Å². The van der Waals surface area contributed by atoms with Crippen LogP contribution in [0, 0.1) is 0 Å². The predicted octanol–water partition coefficient (Wildman–Crippen LogP) is 14.7. The van der Waals surface area contributed by atoms with Crippen LogP contribution in [-0.2, 0) is 5.41 Å². The molecule has 0 radical (unpaired) electrons. The zero-order valence-corrected chi connectivity index (χ0v) is 32.8. The molecule has 1 aliphatic carbocycles. The van der Waals surface area contributed by atoms with Crippen LogP contribution in [0.25, 0.3) is 88.9 Å². The van der Waals surface area contributed by atoms with Crippen molar-refractivity contribution in [2.45, 2.75) is 5.41 Å². The van der Waals surface area contributed by atoms with Crippen LogP contribution in [0.1, 0.15) is 22.3 Å². The van der Waals surface area contributed by atoms with Gasteiger partial charge in [0.25, 0.3) is 0 Å². The van der Waals surface area contributed by atoms with Gasteiger partial charge in [0, 0.05) is 27.6 Å². The SMILES string of the molecule is c1ccc(-c2ccccc2-c2nc(-c3ccc(-c4cccc5c4-c4cc6ccccc6cc4C54c5ccccc5Oc5ccccc54)cc3)c3oc4ccccc4c3n2)cc1. The van der Waals surface area contributed by atoms with Crippen molar-refractivity contribution in [2.75, 3.05) is 0 Å². The second-order valence-electron chi connectivity index (χ2n) is 16.0. The van der Waals surface area contributed by atoms with Gasteiger partial charge in [-0.1, -0.05) is 170 Å². The number of ether oxygens (including phenoxy) is 1. The molecule has 1 aliphatic heterocycles. The standard InChI is InChI=1S/C57H34N2O2/c1-2-15-35(16-3-1)40-19-6-7-20-42(40)56-58-53(55-54(59-56)43-21-8-11-26-49(43)61-55)37-31-29-36(30-32-37)41-22-14-25-47-52(41)44-33-38-17-4-5-18-39(38)34-48(44)57(47)45-23-9-12-27-50(45)60-51-28-13-10-24-46(51)57/h1-34H. The lowest BCUT2D eigenvalue weighted by atomic mass is 9.66. The molecule has 4 heteroatoms. The van der Waals surface area contributed by atoms with Crippen molar-refractivity contribution in [2.24, 2.45) is 0 Å². The summed E-state index contributed by atoms with van der Waals surface area (Å²) in [5.74, 6) is 2.43. The smallest absolute Gasteiger partial charge is 0.180 e. The quantitative estimate of drug-likeness (QED) is 0.179. The molecule has 2 aromatic heterocycles. The highest BCUT2D eigenvalue weighted by molar-refractivity contribution is 6.08. The van der Waals surface area contributed by atoms with E-state index in [2.05, 4.69) is 182 Å². The number of fused-ring (bicyclic) bond motifs is 13. The molecule has 9 aromatic carbocycles. The highest BCUT2D eigenvalue weighted by Crippen LogP contribution is 2.63. The fourth-order valence-corrected chi connectivity index (χ4v) is 10.1. The van der Waals surface area contributed by atoms with Crippen LogP contribution < -0.4 is 4.74 Å². The number of nitrogens with zero attached hydrogens (tertiary/aromatic N) is 2. The van der Waals surface area contributed by atoms with E-state index in [9.17, 15) is 0 Å². The summed E-state index contributed by atoms with van der Waals surface area (Å²) < 4.78 is 13.2. The van der Waals surface area contributed by atoms with Gasteiger partial charge in [-0.05, 0) is 91.7 Å². The zero-order valence-electron chi connectivity index (χ0n) is 32.8. The summed E-state index contributed by atoms with van der Waals surface area (Å²) in [6.07, 6.45) is 0. The Morgan fingerprint density at radius 2 is 0.984 bits per heavy atom. The monoisotopic (exact) mass is 778 g/mol. The topological polar surface area (TPSA) is 48.2 Å². The van der Waals surface area contributed by atoms with E-state index in [-0.39, 0.29) is 0 Å². The van der Waals surface area contributed by atoms with Crippen molar-refractivity contribution in [3.63, 3.8) is 0 Å². The summed E-state index contributed by atoms with van der Waals surface area (Å²) in [5.41, 5.74) is 16.2. The van der Waals surface area contributed by atoms with Crippen LogP contribution >= 0.6 is 0 Å². The van der Waals surface area contributed by atoms with E-state index in [1.807, 2.05) is 24.3 Å². The fourth-order valence-electron chi connectivity index (χ4n) is 10.1. The molecule has 1 spiro atoms. The highest BCUT2D eigenvalue weighted by atomic mass is 16.5. The molecule has 0 saturated heterocycles. The normalized spacial score (nSPS) is 13.2. The molecule has 3 heterocycles. The van der Waals surface area contributed by atoms with Gasteiger partial charge in [0.15, 0.2) is 11.4 Å². The Kier molecular flexibility index (Phi) is 7.19. The molecule has 0 saturated carbocycles. The number of hydrogen-bond acceptors (Lipinski definition) is 4. The average Bonchev–Trinajstić information content (AvgIpc) is 3.84. The summed E-state index contributed by atoms with van der Waals surface area (Å²) in [4.78, 5) is 10.5. The van der Waals surface area contributed by atoms with Crippen molar-refractivity contribution in [3.8, 4) is 67.5 Å². The number of hydrogen-bond donors (Lipinski definition) is 0. The number of rotatable bonds is 4. The second-order valence-corrected chi connectivity index (χ2v) is 16.0. The fraction of sp³-hybridized carbons (Fsp3) is 0.0175. The van der Waals surface area contributed by atoms with Crippen molar-refractivity contribution in [1.82, 2.24) is 9.97 Å². The van der Waals surface area contributed by atoms with Gasteiger partial charge in [-0.2, -0.15) is 0 Å². The molecule has 0 atom stereocenters. The summed E-state index contributed by atoms with van der Waals surface area (Å²) >= 11 is 0. The third kappa shape index (κ3) is 4.87. The molecule has 4 nitrogen and oxygen atoms in total. The zero-order chi connectivity index (χ0) is 40.1. The lowest BCUT2D eigenvalue weighted by molar-refractivity contribution is 0.436. The molecule has 0 fully saturated rings. The molecule has 11 aromatic rings. The van der Waals surface area contributed by atoms with E-state index in [1.165, 1.54) is 38.6 Å². The van der Waals surface area contributed by atoms with Crippen LogP contribution in [-0.4, -0.2) is 9.97 Å². The molecular formula is C57H34N2O2. The van der Waals surface area contributed by atoms with E-state index in [4.69, 9.17) is 19.1 Å². The highest BCUT2D eigenvalue weighted by Gasteiger charge is 2.51. The lowest BCUT2D eigenvalue weighted by Crippen LogP contribution is -2.32. The largest absolute Gasteiger partial charge is 0.457 e. The Labute approximate surface area is 352 Å². The molecule has 2 aliphatic rings. The maximum atomic E-state index is 6.65. The summed E-state index contributed by atoms with van der Waals surface area (Å²) in [5, 5.41) is 3.40. The molecule has 284 valence electrons. The Morgan fingerprint density at radius 1 is 0.393 bits per heavy atom. The van der Waals surface area contributed by atoms with E-state index >= 15 is 0 Å². The first-order chi connectivity index (χ1) is 30.2. The first kappa shape index (κ1) is 33.8. The number of furan rings is 1. The summed E-state index contributed by atoms with van der Waals surface area (Å²) in [6.45, 7) is 0. The summed E-state index contributed by atoms with van der Waals surface area (Å²) in [6, 6.07) is 73.2. The van der Waals surface area contributed by atoms with Gasteiger partial charge in [-0.3, -0.25) is 0 Å². The van der Waals surface area contributed by atoms with E-state index in [0.717, 1.165) is 72.6 Å². The molecule has 0 bridgehead atoms. The number of para-hydroxylation sites is 3. The maximum absolute atomic E-state index is 6.65. The van der Waals surface area contributed by atoms with Crippen LogP contribution in [0.5, 0.6) is 11.5 Å². The minimum Gasteiger partial charge on any atom is -0.457 e. The average molecular weight is 779 g/mol.